The van der Waals surface area contributed by atoms with E-state index in [2.05, 4.69) is 139 Å². The van der Waals surface area contributed by atoms with Crippen LogP contribution in [0.4, 0.5) is 28.4 Å². The van der Waals surface area contributed by atoms with Gasteiger partial charge in [-0.15, -0.1) is 0 Å². The Balaban J connectivity index is 1.31. The van der Waals surface area contributed by atoms with Crippen LogP contribution in [0.1, 0.15) is 247 Å². The Hall–Kier alpha value is -5.30. The average molecular weight is 998 g/mol. The Kier molecular flexibility index (Phi) is 17.3. The molecule has 5 saturated carbocycles. The zero-order chi connectivity index (χ0) is 51.0. The SMILES string of the molecule is COc1ccc(C2CCCCC2)c(N(Nc2cccc(OC)c2C2CCCCCCC2)N(c2cc(C)cc(C)c2C2CCCC2)N(Nc2ccc(C)cc2C2CCCCC2)c2cc(C)ccc2C2CCCCC2)c1. The lowest BCUT2D eigenvalue weighted by Gasteiger charge is -2.48. The molecule has 7 heteroatoms. The van der Waals surface area contributed by atoms with E-state index in [-0.39, 0.29) is 0 Å². The molecule has 5 aromatic rings. The van der Waals surface area contributed by atoms with E-state index in [0.717, 1.165) is 35.7 Å². The van der Waals surface area contributed by atoms with Crippen LogP contribution in [0.2, 0.25) is 0 Å². The molecule has 74 heavy (non-hydrogen) atoms. The number of ether oxygens (including phenoxy) is 2. The number of anilines is 5. The third-order valence-corrected chi connectivity index (χ3v) is 18.3. The maximum atomic E-state index is 6.47. The Morgan fingerprint density at radius 2 is 0.838 bits per heavy atom. The van der Waals surface area contributed by atoms with Crippen molar-refractivity contribution in [2.24, 2.45) is 0 Å². The molecule has 2 N–H and O–H groups in total. The van der Waals surface area contributed by atoms with E-state index in [4.69, 9.17) is 9.47 Å². The van der Waals surface area contributed by atoms with Crippen molar-refractivity contribution in [2.75, 3.05) is 40.4 Å². The predicted octanol–water partition coefficient (Wildman–Crippen LogP) is 19.3. The highest BCUT2D eigenvalue weighted by atomic mass is 16.5. The molecule has 0 heterocycles. The molecule has 5 fully saturated rings. The van der Waals surface area contributed by atoms with Gasteiger partial charge in [0.15, 0.2) is 0 Å². The summed E-state index contributed by atoms with van der Waals surface area (Å²) in [6.07, 6.45) is 32.4. The van der Waals surface area contributed by atoms with Gasteiger partial charge in [0, 0.05) is 11.6 Å². The number of hydrogen-bond donors (Lipinski definition) is 2. The first-order valence-electron chi connectivity index (χ1n) is 29.9. The molecule has 396 valence electrons. The number of benzene rings is 5. The van der Waals surface area contributed by atoms with Crippen LogP contribution in [0.15, 0.2) is 84.9 Å². The van der Waals surface area contributed by atoms with E-state index in [1.165, 1.54) is 221 Å². The van der Waals surface area contributed by atoms with Crippen molar-refractivity contribution in [3.63, 3.8) is 0 Å². The van der Waals surface area contributed by atoms with Gasteiger partial charge in [0.05, 0.1) is 42.7 Å². The first kappa shape index (κ1) is 52.2. The second-order valence-electron chi connectivity index (χ2n) is 23.7. The van der Waals surface area contributed by atoms with E-state index < -0.39 is 0 Å². The number of nitrogens with zero attached hydrogens (tertiary/aromatic N) is 3. The molecule has 0 spiro atoms. The summed E-state index contributed by atoms with van der Waals surface area (Å²) in [6.45, 7) is 9.30. The molecule has 5 aliphatic rings. The lowest BCUT2D eigenvalue weighted by atomic mass is 9.82. The van der Waals surface area contributed by atoms with E-state index in [1.54, 1.807) is 0 Å². The Morgan fingerprint density at radius 3 is 1.43 bits per heavy atom. The smallest absolute Gasteiger partial charge is 0.124 e. The average Bonchev–Trinajstić information content (AvgIpc) is 3.96. The molecule has 10 rings (SSSR count). The first-order valence-corrected chi connectivity index (χ1v) is 29.9. The highest BCUT2D eigenvalue weighted by molar-refractivity contribution is 5.78. The molecule has 0 aliphatic heterocycles. The van der Waals surface area contributed by atoms with Crippen molar-refractivity contribution in [1.82, 2.24) is 0 Å². The van der Waals surface area contributed by atoms with Gasteiger partial charge in [0.1, 0.15) is 11.5 Å². The fraction of sp³-hybridized carbons (Fsp3) is 0.552. The van der Waals surface area contributed by atoms with Crippen molar-refractivity contribution in [1.29, 1.82) is 0 Å². The fourth-order valence-corrected chi connectivity index (χ4v) is 14.5. The van der Waals surface area contributed by atoms with Crippen molar-refractivity contribution in [2.45, 2.75) is 224 Å². The van der Waals surface area contributed by atoms with Crippen LogP contribution in [-0.4, -0.2) is 14.2 Å². The normalized spacial score (nSPS) is 18.9. The van der Waals surface area contributed by atoms with Gasteiger partial charge in [-0.2, -0.15) is 15.4 Å². The van der Waals surface area contributed by atoms with Gasteiger partial charge in [-0.05, 0) is 197 Å². The van der Waals surface area contributed by atoms with Gasteiger partial charge >= 0.3 is 0 Å². The summed E-state index contributed by atoms with van der Waals surface area (Å²) in [7, 11) is 3.72. The molecule has 0 bridgehead atoms. The zero-order valence-corrected chi connectivity index (χ0v) is 46.5. The highest BCUT2D eigenvalue weighted by Gasteiger charge is 2.38. The molecule has 0 aromatic heterocycles. The Bertz CT molecular complexity index is 2630. The molecule has 0 atom stereocenters. The molecule has 0 saturated heterocycles. The fourth-order valence-electron chi connectivity index (χ4n) is 14.5. The Labute approximate surface area is 447 Å². The van der Waals surface area contributed by atoms with Crippen LogP contribution in [0, 0.1) is 27.7 Å². The second-order valence-corrected chi connectivity index (χ2v) is 23.7. The maximum Gasteiger partial charge on any atom is 0.124 e. The van der Waals surface area contributed by atoms with Crippen LogP contribution in [0.3, 0.4) is 0 Å². The van der Waals surface area contributed by atoms with Gasteiger partial charge in [-0.25, -0.2) is 0 Å². The van der Waals surface area contributed by atoms with Crippen molar-refractivity contribution in [3.8, 4) is 11.5 Å². The number of nitrogens with one attached hydrogen (secondary N) is 2. The second kappa shape index (κ2) is 24.6. The zero-order valence-electron chi connectivity index (χ0n) is 46.5. The number of hydrogen-bond acceptors (Lipinski definition) is 7. The van der Waals surface area contributed by atoms with Gasteiger partial charge in [0.2, 0.25) is 0 Å². The molecular weight excluding hydrogens is 907 g/mol. The van der Waals surface area contributed by atoms with Crippen molar-refractivity contribution in [3.05, 3.63) is 135 Å². The molecule has 0 amide bonds. The summed E-state index contributed by atoms with van der Waals surface area (Å²) < 4.78 is 12.8. The number of aryl methyl sites for hydroxylation is 4. The summed E-state index contributed by atoms with van der Waals surface area (Å²) >= 11 is 0. The molecule has 5 aromatic carbocycles. The van der Waals surface area contributed by atoms with Crippen molar-refractivity contribution < 1.29 is 9.47 Å². The van der Waals surface area contributed by atoms with E-state index in [1.807, 2.05) is 14.2 Å². The molecule has 0 radical (unpaired) electrons. The molecule has 0 unspecified atom stereocenters. The minimum Gasteiger partial charge on any atom is -0.497 e. The summed E-state index contributed by atoms with van der Waals surface area (Å²) in [5.41, 5.74) is 27.0. The Morgan fingerprint density at radius 1 is 0.378 bits per heavy atom. The summed E-state index contributed by atoms with van der Waals surface area (Å²) in [4.78, 5) is 0. The highest BCUT2D eigenvalue weighted by Crippen LogP contribution is 2.50. The van der Waals surface area contributed by atoms with Crippen LogP contribution < -0.4 is 35.7 Å². The van der Waals surface area contributed by atoms with Crippen LogP contribution in [0.5, 0.6) is 11.5 Å². The summed E-state index contributed by atoms with van der Waals surface area (Å²) in [5.74, 6) is 4.02. The largest absolute Gasteiger partial charge is 0.497 e. The van der Waals surface area contributed by atoms with Gasteiger partial charge in [0.25, 0.3) is 0 Å². The predicted molar refractivity (Wildman–Crippen MR) is 313 cm³/mol. The van der Waals surface area contributed by atoms with Gasteiger partial charge in [-0.1, -0.05) is 151 Å². The molecule has 5 aliphatic carbocycles. The standard InChI is InChI=1S/C67H91N5O2/c1-47-37-41-60(59(43-47)53-28-19-12-20-29-53)68-70(62-44-48(2)36-39-57(62)51-24-15-10-16-25-51)72(64-45-49(3)42-50(4)66(64)54-32-21-22-33-54)71(63-46-56(73-5)38-40-58(63)52-26-17-11-18-27-52)69-61-34-23-35-65(74-6)67(61)55-30-13-8-7-9-14-31-55/h23,34-46,51-55,68-69H,7-22,24-33H2,1-6H3. The lowest BCUT2D eigenvalue weighted by molar-refractivity contribution is 0.393. The number of rotatable bonds is 16. The van der Waals surface area contributed by atoms with E-state index in [9.17, 15) is 0 Å². The molecule has 7 nitrogen and oxygen atoms in total. The summed E-state index contributed by atoms with van der Waals surface area (Å²) in [6, 6.07) is 33.4. The summed E-state index contributed by atoms with van der Waals surface area (Å²) in [5, 5.41) is 7.67. The van der Waals surface area contributed by atoms with Crippen LogP contribution in [0.25, 0.3) is 0 Å². The first-order chi connectivity index (χ1) is 36.3. The van der Waals surface area contributed by atoms with E-state index in [0.29, 0.717) is 29.6 Å². The van der Waals surface area contributed by atoms with Gasteiger partial charge in [-0.3, -0.25) is 10.9 Å². The number of hydrazine groups is 4. The minimum absolute atomic E-state index is 0.372. The van der Waals surface area contributed by atoms with Gasteiger partial charge < -0.3 is 9.47 Å². The lowest BCUT2D eigenvalue weighted by Crippen LogP contribution is -2.60. The maximum absolute atomic E-state index is 6.47. The third-order valence-electron chi connectivity index (χ3n) is 18.3. The topological polar surface area (TPSA) is 52.2 Å². The van der Waals surface area contributed by atoms with Crippen LogP contribution in [-0.2, 0) is 0 Å². The van der Waals surface area contributed by atoms with Crippen LogP contribution >= 0.6 is 0 Å². The van der Waals surface area contributed by atoms with Crippen molar-refractivity contribution >= 4 is 28.4 Å². The van der Waals surface area contributed by atoms with E-state index >= 15 is 0 Å². The monoisotopic (exact) mass is 998 g/mol. The third kappa shape index (κ3) is 11.7. The quantitative estimate of drug-likeness (QED) is 0.0955. The molecular formula is C67H91N5O2. The minimum atomic E-state index is 0.372. The number of methoxy groups -OCH3 is 2.